The number of hydrogen-bond donors (Lipinski definition) is 2. The van der Waals surface area contributed by atoms with Crippen LogP contribution in [0.4, 0.5) is 0 Å². The molecule has 0 unspecified atom stereocenters. The molecule has 1 aliphatic rings. The lowest BCUT2D eigenvalue weighted by atomic mass is 9.74. The van der Waals surface area contributed by atoms with Gasteiger partial charge in [-0.25, -0.2) is 0 Å². The Hall–Kier alpha value is -2.62. The molecule has 4 heteroatoms. The van der Waals surface area contributed by atoms with Gasteiger partial charge >= 0.3 is 0 Å². The normalized spacial score (nSPS) is 25.3. The van der Waals surface area contributed by atoms with Crippen LogP contribution < -0.4 is 0 Å². The molecule has 2 aromatic rings. The van der Waals surface area contributed by atoms with Crippen molar-refractivity contribution < 1.29 is 10.2 Å². The molecule has 4 nitrogen and oxygen atoms in total. The van der Waals surface area contributed by atoms with Crippen LogP contribution in [0, 0.1) is 5.41 Å². The summed E-state index contributed by atoms with van der Waals surface area (Å²) >= 11 is 0. The van der Waals surface area contributed by atoms with Crippen LogP contribution in [0.5, 0.6) is 11.5 Å². The van der Waals surface area contributed by atoms with Crippen LogP contribution in [-0.4, -0.2) is 34.2 Å². The SMILES string of the molecule is CC1(C)[C@H](N=Cc2ccccc2O)CC[C@@]1(C)N=Cc1ccccc1O. The van der Waals surface area contributed by atoms with Gasteiger partial charge in [-0.1, -0.05) is 38.1 Å². The highest BCUT2D eigenvalue weighted by Crippen LogP contribution is 2.50. The molecule has 0 aromatic heterocycles. The highest BCUT2D eigenvalue weighted by molar-refractivity contribution is 5.84. The van der Waals surface area contributed by atoms with Crippen molar-refractivity contribution in [2.24, 2.45) is 15.4 Å². The van der Waals surface area contributed by atoms with Gasteiger partial charge in [0.2, 0.25) is 0 Å². The molecule has 2 atom stereocenters. The number of phenolic OH excluding ortho intramolecular Hbond substituents is 2. The molecular weight excluding hydrogens is 324 g/mol. The third kappa shape index (κ3) is 3.36. The molecule has 0 amide bonds. The summed E-state index contributed by atoms with van der Waals surface area (Å²) in [6.45, 7) is 6.53. The van der Waals surface area contributed by atoms with Gasteiger partial charge in [-0.15, -0.1) is 0 Å². The molecule has 2 aromatic carbocycles. The maximum atomic E-state index is 9.95. The van der Waals surface area contributed by atoms with E-state index in [1.54, 1.807) is 36.7 Å². The number of rotatable bonds is 4. The summed E-state index contributed by atoms with van der Waals surface area (Å²) in [5.41, 5.74) is 1.05. The first-order valence-electron chi connectivity index (χ1n) is 8.98. The number of aromatic hydroxyl groups is 2. The Morgan fingerprint density at radius 2 is 1.42 bits per heavy atom. The van der Waals surface area contributed by atoms with E-state index in [0.29, 0.717) is 0 Å². The lowest BCUT2D eigenvalue weighted by Gasteiger charge is -2.37. The molecule has 0 heterocycles. The van der Waals surface area contributed by atoms with Gasteiger partial charge in [0.15, 0.2) is 0 Å². The first-order chi connectivity index (χ1) is 12.3. The third-order valence-corrected chi connectivity index (χ3v) is 5.88. The van der Waals surface area contributed by atoms with Crippen LogP contribution in [0.3, 0.4) is 0 Å². The maximum Gasteiger partial charge on any atom is 0.124 e. The number of para-hydroxylation sites is 2. The summed E-state index contributed by atoms with van der Waals surface area (Å²) in [5.74, 6) is 0.483. The van der Waals surface area contributed by atoms with Gasteiger partial charge in [0.1, 0.15) is 11.5 Å². The third-order valence-electron chi connectivity index (χ3n) is 5.88. The molecule has 1 saturated carbocycles. The van der Waals surface area contributed by atoms with Crippen molar-refractivity contribution in [2.75, 3.05) is 0 Å². The van der Waals surface area contributed by atoms with Crippen molar-refractivity contribution in [2.45, 2.75) is 45.2 Å². The fourth-order valence-corrected chi connectivity index (χ4v) is 3.53. The summed E-state index contributed by atoms with van der Waals surface area (Å²) in [4.78, 5) is 9.62. The van der Waals surface area contributed by atoms with Crippen molar-refractivity contribution >= 4 is 12.4 Å². The second-order valence-corrected chi connectivity index (χ2v) is 7.70. The van der Waals surface area contributed by atoms with E-state index in [1.807, 2.05) is 24.3 Å². The van der Waals surface area contributed by atoms with Crippen LogP contribution >= 0.6 is 0 Å². The van der Waals surface area contributed by atoms with E-state index < -0.39 is 0 Å². The van der Waals surface area contributed by atoms with Gasteiger partial charge in [0.05, 0.1) is 11.6 Å². The Kier molecular flexibility index (Phi) is 4.86. The zero-order valence-electron chi connectivity index (χ0n) is 15.6. The predicted molar refractivity (Wildman–Crippen MR) is 107 cm³/mol. The van der Waals surface area contributed by atoms with E-state index in [1.165, 1.54) is 0 Å². The standard InChI is InChI=1S/C22H26N2O2/c1-21(2)20(23-14-16-8-4-6-10-18(16)25)12-13-22(21,3)24-15-17-9-5-7-11-19(17)26/h4-11,14-15,20,25-26H,12-13H2,1-3H3/t20-,22-/m1/s1. The zero-order valence-corrected chi connectivity index (χ0v) is 15.6. The van der Waals surface area contributed by atoms with Gasteiger partial charge in [0.25, 0.3) is 0 Å². The van der Waals surface area contributed by atoms with E-state index >= 15 is 0 Å². The monoisotopic (exact) mass is 350 g/mol. The summed E-state index contributed by atoms with van der Waals surface area (Å²) in [6, 6.07) is 14.6. The van der Waals surface area contributed by atoms with Gasteiger partial charge in [0, 0.05) is 29.0 Å². The number of hydrogen-bond acceptors (Lipinski definition) is 4. The van der Waals surface area contributed by atoms with E-state index in [9.17, 15) is 10.2 Å². The van der Waals surface area contributed by atoms with E-state index in [4.69, 9.17) is 9.98 Å². The molecule has 136 valence electrons. The minimum absolute atomic E-state index is 0.119. The Morgan fingerprint density at radius 3 is 2.00 bits per heavy atom. The minimum Gasteiger partial charge on any atom is -0.507 e. The number of phenols is 2. The van der Waals surface area contributed by atoms with Crippen molar-refractivity contribution in [1.29, 1.82) is 0 Å². The molecule has 1 fully saturated rings. The second-order valence-electron chi connectivity index (χ2n) is 7.70. The van der Waals surface area contributed by atoms with E-state index in [2.05, 4.69) is 20.8 Å². The van der Waals surface area contributed by atoms with Crippen LogP contribution in [0.15, 0.2) is 58.5 Å². The van der Waals surface area contributed by atoms with Gasteiger partial charge in [-0.3, -0.25) is 9.98 Å². The zero-order chi connectivity index (χ0) is 18.8. The Morgan fingerprint density at radius 1 is 0.885 bits per heavy atom. The highest BCUT2D eigenvalue weighted by Gasteiger charge is 2.51. The van der Waals surface area contributed by atoms with Crippen molar-refractivity contribution in [3.63, 3.8) is 0 Å². The molecule has 0 bridgehead atoms. The van der Waals surface area contributed by atoms with Gasteiger partial charge < -0.3 is 10.2 Å². The molecule has 2 N–H and O–H groups in total. The molecule has 1 aliphatic carbocycles. The number of benzene rings is 2. The van der Waals surface area contributed by atoms with Gasteiger partial charge in [-0.2, -0.15) is 0 Å². The summed E-state index contributed by atoms with van der Waals surface area (Å²) in [7, 11) is 0. The van der Waals surface area contributed by atoms with Gasteiger partial charge in [-0.05, 0) is 44.0 Å². The van der Waals surface area contributed by atoms with Crippen LogP contribution in [0.25, 0.3) is 0 Å². The Labute approximate surface area is 155 Å². The first kappa shape index (κ1) is 18.2. The lowest BCUT2D eigenvalue weighted by molar-refractivity contribution is 0.211. The molecule has 26 heavy (non-hydrogen) atoms. The second kappa shape index (κ2) is 6.94. The average molecular weight is 350 g/mol. The Bertz CT molecular complexity index is 842. The molecule has 0 aliphatic heterocycles. The van der Waals surface area contributed by atoms with Crippen molar-refractivity contribution in [3.8, 4) is 11.5 Å². The topological polar surface area (TPSA) is 65.2 Å². The molecule has 0 radical (unpaired) electrons. The fraction of sp³-hybridized carbons (Fsp3) is 0.364. The number of aliphatic imine (C=N–C) groups is 2. The molecule has 0 saturated heterocycles. The predicted octanol–water partition coefficient (Wildman–Crippen LogP) is 4.58. The fourth-order valence-electron chi connectivity index (χ4n) is 3.53. The number of nitrogens with zero attached hydrogens (tertiary/aromatic N) is 2. The van der Waals surface area contributed by atoms with E-state index in [-0.39, 0.29) is 28.5 Å². The molecular formula is C22H26N2O2. The highest BCUT2D eigenvalue weighted by atomic mass is 16.3. The first-order valence-corrected chi connectivity index (χ1v) is 8.98. The Balaban J connectivity index is 1.81. The van der Waals surface area contributed by atoms with Crippen molar-refractivity contribution in [1.82, 2.24) is 0 Å². The van der Waals surface area contributed by atoms with Crippen LogP contribution in [0.1, 0.15) is 44.7 Å². The van der Waals surface area contributed by atoms with Crippen molar-refractivity contribution in [3.05, 3.63) is 59.7 Å². The lowest BCUT2D eigenvalue weighted by Crippen LogP contribution is -2.40. The summed E-state index contributed by atoms with van der Waals surface area (Å²) < 4.78 is 0. The van der Waals surface area contributed by atoms with Crippen LogP contribution in [-0.2, 0) is 0 Å². The quantitative estimate of drug-likeness (QED) is 0.793. The van der Waals surface area contributed by atoms with Crippen LogP contribution in [0.2, 0.25) is 0 Å². The molecule has 3 rings (SSSR count). The minimum atomic E-state index is -0.268. The maximum absolute atomic E-state index is 9.95. The largest absolute Gasteiger partial charge is 0.507 e. The smallest absolute Gasteiger partial charge is 0.124 e. The summed E-state index contributed by atoms with van der Waals surface area (Å²) in [6.07, 6.45) is 5.39. The van der Waals surface area contributed by atoms with E-state index in [0.717, 1.165) is 24.0 Å². The molecule has 0 spiro atoms. The summed E-state index contributed by atoms with van der Waals surface area (Å²) in [5, 5.41) is 19.9. The average Bonchev–Trinajstić information content (AvgIpc) is 2.84.